The van der Waals surface area contributed by atoms with Gasteiger partial charge in [0.25, 0.3) is 0 Å². The molecular weight excluding hydrogens is 256 g/mol. The van der Waals surface area contributed by atoms with E-state index < -0.39 is 0 Å². The molecule has 0 fully saturated rings. The monoisotopic (exact) mass is 274 g/mol. The van der Waals surface area contributed by atoms with Crippen LogP contribution in [0.4, 0.5) is 0 Å². The Hall–Kier alpha value is -2.20. The summed E-state index contributed by atoms with van der Waals surface area (Å²) in [7, 11) is 1.60. The molecule has 0 heterocycles. The van der Waals surface area contributed by atoms with E-state index in [1.54, 1.807) is 13.2 Å². The molecule has 0 saturated carbocycles. The van der Waals surface area contributed by atoms with Gasteiger partial charge in [-0.25, -0.2) is 0 Å². The second kappa shape index (κ2) is 6.30. The molecule has 0 aliphatic rings. The average molecular weight is 274 g/mol. The van der Waals surface area contributed by atoms with Crippen LogP contribution in [-0.4, -0.2) is 29.0 Å². The third kappa shape index (κ3) is 3.22. The average Bonchev–Trinajstić information content (AvgIpc) is 2.47. The Balaban J connectivity index is 2.19. The fourth-order valence-electron chi connectivity index (χ4n) is 2.15. The van der Waals surface area contributed by atoms with Crippen LogP contribution in [0.3, 0.4) is 0 Å². The van der Waals surface area contributed by atoms with Gasteiger partial charge in [-0.2, -0.15) is 0 Å². The number of methoxy groups -OCH3 is 1. The van der Waals surface area contributed by atoms with E-state index in [-0.39, 0.29) is 24.0 Å². The minimum absolute atomic E-state index is 0.0212. The Morgan fingerprint density at radius 1 is 1.05 bits per heavy atom. The van der Waals surface area contributed by atoms with Crippen molar-refractivity contribution in [2.45, 2.75) is 12.3 Å². The van der Waals surface area contributed by atoms with E-state index in [1.165, 1.54) is 12.1 Å². The van der Waals surface area contributed by atoms with Crippen molar-refractivity contribution >= 4 is 0 Å². The molecule has 0 spiro atoms. The quantitative estimate of drug-likeness (QED) is 0.783. The number of ether oxygens (including phenoxy) is 1. The van der Waals surface area contributed by atoms with Crippen LogP contribution in [-0.2, 0) is 6.42 Å². The van der Waals surface area contributed by atoms with E-state index in [0.29, 0.717) is 12.0 Å². The van der Waals surface area contributed by atoms with Gasteiger partial charge in [-0.15, -0.1) is 0 Å². The summed E-state index contributed by atoms with van der Waals surface area (Å²) in [5, 5.41) is 28.6. The van der Waals surface area contributed by atoms with Crippen molar-refractivity contribution in [3.05, 3.63) is 53.6 Å². The van der Waals surface area contributed by atoms with Gasteiger partial charge in [0.2, 0.25) is 0 Å². The molecule has 2 aromatic carbocycles. The van der Waals surface area contributed by atoms with Crippen LogP contribution in [0, 0.1) is 0 Å². The van der Waals surface area contributed by atoms with Crippen molar-refractivity contribution in [1.29, 1.82) is 0 Å². The lowest BCUT2D eigenvalue weighted by atomic mass is 9.92. The van der Waals surface area contributed by atoms with Crippen molar-refractivity contribution in [2.24, 2.45) is 0 Å². The highest BCUT2D eigenvalue weighted by atomic mass is 16.5. The molecule has 2 rings (SSSR count). The SMILES string of the molecule is COc1ccc([C@@H](CO)Cc2ccc(O)cc2O)cc1. The van der Waals surface area contributed by atoms with Gasteiger partial charge in [0, 0.05) is 12.0 Å². The number of hydrogen-bond donors (Lipinski definition) is 3. The predicted octanol–water partition coefficient (Wildman–Crippen LogP) is 2.42. The molecule has 0 aromatic heterocycles. The van der Waals surface area contributed by atoms with Crippen molar-refractivity contribution in [2.75, 3.05) is 13.7 Å². The van der Waals surface area contributed by atoms with Crippen LogP contribution >= 0.6 is 0 Å². The van der Waals surface area contributed by atoms with Crippen LogP contribution in [0.2, 0.25) is 0 Å². The van der Waals surface area contributed by atoms with Crippen LogP contribution in [0.15, 0.2) is 42.5 Å². The zero-order chi connectivity index (χ0) is 14.5. The summed E-state index contributed by atoms with van der Waals surface area (Å²) in [6.45, 7) is -0.0212. The molecule has 0 aliphatic heterocycles. The van der Waals surface area contributed by atoms with Crippen molar-refractivity contribution in [1.82, 2.24) is 0 Å². The van der Waals surface area contributed by atoms with Gasteiger partial charge in [-0.1, -0.05) is 18.2 Å². The Morgan fingerprint density at radius 2 is 1.75 bits per heavy atom. The van der Waals surface area contributed by atoms with E-state index >= 15 is 0 Å². The van der Waals surface area contributed by atoms with Crippen LogP contribution < -0.4 is 4.74 Å². The lowest BCUT2D eigenvalue weighted by Crippen LogP contribution is -2.08. The first kappa shape index (κ1) is 14.2. The smallest absolute Gasteiger partial charge is 0.122 e. The third-order valence-corrected chi connectivity index (χ3v) is 3.34. The summed E-state index contributed by atoms with van der Waals surface area (Å²) < 4.78 is 5.10. The number of aromatic hydroxyl groups is 2. The highest BCUT2D eigenvalue weighted by molar-refractivity contribution is 5.40. The van der Waals surface area contributed by atoms with E-state index in [2.05, 4.69) is 0 Å². The fraction of sp³-hybridized carbons (Fsp3) is 0.250. The molecule has 0 amide bonds. The molecule has 4 heteroatoms. The Morgan fingerprint density at radius 3 is 2.30 bits per heavy atom. The first-order valence-corrected chi connectivity index (χ1v) is 6.39. The molecule has 106 valence electrons. The number of phenolic OH excluding ortho intramolecular Hbond substituents is 2. The second-order valence-electron chi connectivity index (χ2n) is 4.67. The van der Waals surface area contributed by atoms with Crippen LogP contribution in [0.1, 0.15) is 17.0 Å². The number of benzene rings is 2. The van der Waals surface area contributed by atoms with Crippen molar-refractivity contribution in [3.8, 4) is 17.2 Å². The van der Waals surface area contributed by atoms with E-state index in [1.807, 2.05) is 24.3 Å². The predicted molar refractivity (Wildman–Crippen MR) is 76.3 cm³/mol. The summed E-state index contributed by atoms with van der Waals surface area (Å²) in [6, 6.07) is 12.0. The maximum absolute atomic E-state index is 9.80. The molecule has 4 nitrogen and oxygen atoms in total. The molecule has 0 aliphatic carbocycles. The fourth-order valence-corrected chi connectivity index (χ4v) is 2.15. The number of aliphatic hydroxyl groups excluding tert-OH is 1. The van der Waals surface area contributed by atoms with E-state index in [9.17, 15) is 15.3 Å². The van der Waals surface area contributed by atoms with Crippen LogP contribution in [0.25, 0.3) is 0 Å². The molecule has 20 heavy (non-hydrogen) atoms. The van der Waals surface area contributed by atoms with E-state index in [4.69, 9.17) is 4.74 Å². The summed E-state index contributed by atoms with van der Waals surface area (Å²) >= 11 is 0. The highest BCUT2D eigenvalue weighted by Gasteiger charge is 2.14. The standard InChI is InChI=1S/C16H18O4/c1-20-15-6-3-11(4-7-15)13(10-17)8-12-2-5-14(18)9-16(12)19/h2-7,9,13,17-19H,8,10H2,1H3/t13-/m1/s1. The largest absolute Gasteiger partial charge is 0.508 e. The third-order valence-electron chi connectivity index (χ3n) is 3.34. The molecule has 3 N–H and O–H groups in total. The minimum Gasteiger partial charge on any atom is -0.508 e. The first-order valence-electron chi connectivity index (χ1n) is 6.39. The molecule has 0 saturated heterocycles. The normalized spacial score (nSPS) is 12.1. The number of aliphatic hydroxyl groups is 1. The Labute approximate surface area is 117 Å². The summed E-state index contributed by atoms with van der Waals surface area (Å²) in [5.74, 6) is 0.711. The lowest BCUT2D eigenvalue weighted by molar-refractivity contribution is 0.263. The second-order valence-corrected chi connectivity index (χ2v) is 4.67. The molecule has 0 bridgehead atoms. The maximum Gasteiger partial charge on any atom is 0.122 e. The zero-order valence-corrected chi connectivity index (χ0v) is 11.3. The molecule has 2 aromatic rings. The Bertz CT molecular complexity index is 563. The van der Waals surface area contributed by atoms with Gasteiger partial charge in [-0.3, -0.25) is 0 Å². The zero-order valence-electron chi connectivity index (χ0n) is 11.3. The van der Waals surface area contributed by atoms with Gasteiger partial charge in [-0.05, 0) is 35.7 Å². The van der Waals surface area contributed by atoms with Crippen molar-refractivity contribution in [3.63, 3.8) is 0 Å². The van der Waals surface area contributed by atoms with Crippen LogP contribution in [0.5, 0.6) is 17.2 Å². The number of rotatable bonds is 5. The lowest BCUT2D eigenvalue weighted by Gasteiger charge is -2.16. The van der Waals surface area contributed by atoms with Gasteiger partial charge < -0.3 is 20.1 Å². The summed E-state index contributed by atoms with van der Waals surface area (Å²) in [5.41, 5.74) is 1.67. The van der Waals surface area contributed by atoms with Gasteiger partial charge in [0.05, 0.1) is 13.7 Å². The first-order chi connectivity index (χ1) is 9.63. The maximum atomic E-state index is 9.80. The number of hydrogen-bond acceptors (Lipinski definition) is 4. The molecule has 0 unspecified atom stereocenters. The molecule has 1 atom stereocenters. The van der Waals surface area contributed by atoms with Gasteiger partial charge in [0.1, 0.15) is 17.2 Å². The number of phenols is 2. The Kier molecular flexibility index (Phi) is 4.48. The topological polar surface area (TPSA) is 69.9 Å². The summed E-state index contributed by atoms with van der Waals surface area (Å²) in [6.07, 6.45) is 0.495. The van der Waals surface area contributed by atoms with Gasteiger partial charge in [0.15, 0.2) is 0 Å². The molecule has 0 radical (unpaired) electrons. The van der Waals surface area contributed by atoms with Crippen molar-refractivity contribution < 1.29 is 20.1 Å². The van der Waals surface area contributed by atoms with E-state index in [0.717, 1.165) is 11.3 Å². The molecular formula is C16H18O4. The highest BCUT2D eigenvalue weighted by Crippen LogP contribution is 2.29. The summed E-state index contributed by atoms with van der Waals surface area (Å²) in [4.78, 5) is 0. The minimum atomic E-state index is -0.114. The van der Waals surface area contributed by atoms with Gasteiger partial charge >= 0.3 is 0 Å².